The van der Waals surface area contributed by atoms with Crippen molar-refractivity contribution in [2.75, 3.05) is 0 Å². The number of hydrogen-bond acceptors (Lipinski definition) is 2. The van der Waals surface area contributed by atoms with Crippen molar-refractivity contribution in [2.45, 2.75) is 32.3 Å². The summed E-state index contributed by atoms with van der Waals surface area (Å²) >= 11 is 0. The molecule has 3 nitrogen and oxygen atoms in total. The van der Waals surface area contributed by atoms with Crippen molar-refractivity contribution >= 4 is 5.65 Å². The average molecular weight is 204 g/mol. The monoisotopic (exact) mass is 204 g/mol. The van der Waals surface area contributed by atoms with E-state index in [0.29, 0.717) is 0 Å². The van der Waals surface area contributed by atoms with Crippen LogP contribution in [0.2, 0.25) is 0 Å². The number of hydrogen-bond donors (Lipinski definition) is 1. The van der Waals surface area contributed by atoms with E-state index in [2.05, 4.69) is 4.98 Å². The fraction of sp³-hybridized carbons (Fsp3) is 0.417. The summed E-state index contributed by atoms with van der Waals surface area (Å²) < 4.78 is 1.94. The fourth-order valence-corrected chi connectivity index (χ4v) is 1.86. The van der Waals surface area contributed by atoms with E-state index in [4.69, 9.17) is 0 Å². The molecule has 2 aromatic rings. The third-order valence-electron chi connectivity index (χ3n) is 3.11. The molecule has 15 heavy (non-hydrogen) atoms. The van der Waals surface area contributed by atoms with Gasteiger partial charge in [-0.1, -0.05) is 13.8 Å². The maximum Gasteiger partial charge on any atom is 0.137 e. The van der Waals surface area contributed by atoms with E-state index in [9.17, 15) is 5.11 Å². The Kier molecular flexibility index (Phi) is 2.49. The van der Waals surface area contributed by atoms with Gasteiger partial charge in [-0.3, -0.25) is 0 Å². The summed E-state index contributed by atoms with van der Waals surface area (Å²) in [5, 5.41) is 10.4. The number of aromatic nitrogens is 2. The van der Waals surface area contributed by atoms with Crippen molar-refractivity contribution in [1.29, 1.82) is 0 Å². The quantitative estimate of drug-likeness (QED) is 0.833. The van der Waals surface area contributed by atoms with E-state index in [0.717, 1.165) is 24.1 Å². The first-order chi connectivity index (χ1) is 7.19. The molecule has 0 aliphatic carbocycles. The summed E-state index contributed by atoms with van der Waals surface area (Å²) in [6, 6.07) is 3.91. The minimum absolute atomic E-state index is 0.715. The highest BCUT2D eigenvalue weighted by molar-refractivity contribution is 5.43. The Labute approximate surface area is 89.4 Å². The number of aliphatic hydroxyl groups is 1. The molecule has 0 aromatic carbocycles. The lowest BCUT2D eigenvalue weighted by Crippen LogP contribution is -2.23. The zero-order valence-corrected chi connectivity index (χ0v) is 9.14. The van der Waals surface area contributed by atoms with Crippen LogP contribution in [0.15, 0.2) is 30.7 Å². The van der Waals surface area contributed by atoms with Gasteiger partial charge in [0, 0.05) is 18.6 Å². The summed E-state index contributed by atoms with van der Waals surface area (Å²) in [4.78, 5) is 4.21. The van der Waals surface area contributed by atoms with Crippen molar-refractivity contribution < 1.29 is 5.11 Å². The Hall–Kier alpha value is -1.35. The highest BCUT2D eigenvalue weighted by Gasteiger charge is 2.24. The van der Waals surface area contributed by atoms with Gasteiger partial charge in [-0.15, -0.1) is 0 Å². The maximum atomic E-state index is 10.4. The largest absolute Gasteiger partial charge is 0.385 e. The first-order valence-corrected chi connectivity index (χ1v) is 5.35. The van der Waals surface area contributed by atoms with Crippen LogP contribution in [0.3, 0.4) is 0 Å². The molecule has 0 atom stereocenters. The normalized spacial score (nSPS) is 12.2. The molecule has 1 N–H and O–H groups in total. The van der Waals surface area contributed by atoms with Crippen LogP contribution < -0.4 is 0 Å². The first kappa shape index (κ1) is 10.2. The molecule has 3 heteroatoms. The molecular weight excluding hydrogens is 188 g/mol. The zero-order chi connectivity index (χ0) is 10.9. The van der Waals surface area contributed by atoms with Crippen molar-refractivity contribution in [2.24, 2.45) is 0 Å². The Bertz CT molecular complexity index is 457. The smallest absolute Gasteiger partial charge is 0.137 e. The van der Waals surface area contributed by atoms with Crippen LogP contribution in [-0.4, -0.2) is 14.5 Å². The standard InChI is InChI=1S/C12H16N2O/c1-3-12(15,4-2)10-5-7-14-8-6-13-11(14)9-10/h5-9,15H,3-4H2,1-2H3. The highest BCUT2D eigenvalue weighted by Crippen LogP contribution is 2.28. The molecule has 2 aromatic heterocycles. The second kappa shape index (κ2) is 3.66. The Balaban J connectivity index is 2.51. The van der Waals surface area contributed by atoms with Crippen LogP contribution >= 0.6 is 0 Å². The van der Waals surface area contributed by atoms with Gasteiger partial charge in [-0.2, -0.15) is 0 Å². The first-order valence-electron chi connectivity index (χ1n) is 5.35. The molecule has 0 radical (unpaired) electrons. The summed E-state index contributed by atoms with van der Waals surface area (Å²) in [5.74, 6) is 0. The topological polar surface area (TPSA) is 37.5 Å². The molecule has 0 unspecified atom stereocenters. The third kappa shape index (κ3) is 1.63. The summed E-state index contributed by atoms with van der Waals surface area (Å²) in [5.41, 5.74) is 1.12. The minimum atomic E-state index is -0.715. The van der Waals surface area contributed by atoms with Gasteiger partial charge in [0.2, 0.25) is 0 Å². The predicted molar refractivity (Wildman–Crippen MR) is 59.7 cm³/mol. The van der Waals surface area contributed by atoms with E-state index in [1.165, 1.54) is 0 Å². The Morgan fingerprint density at radius 3 is 2.73 bits per heavy atom. The minimum Gasteiger partial charge on any atom is -0.385 e. The molecule has 0 amide bonds. The summed E-state index contributed by atoms with van der Waals surface area (Å²) in [6.07, 6.45) is 7.04. The van der Waals surface area contributed by atoms with Crippen LogP contribution in [-0.2, 0) is 5.60 Å². The van der Waals surface area contributed by atoms with Crippen molar-refractivity contribution in [3.05, 3.63) is 36.3 Å². The molecule has 0 aliphatic heterocycles. The van der Waals surface area contributed by atoms with Gasteiger partial charge in [0.25, 0.3) is 0 Å². The molecule has 2 heterocycles. The van der Waals surface area contributed by atoms with Crippen LogP contribution in [0.25, 0.3) is 5.65 Å². The molecule has 80 valence electrons. The van der Waals surface area contributed by atoms with Gasteiger partial charge >= 0.3 is 0 Å². The zero-order valence-electron chi connectivity index (χ0n) is 9.14. The number of fused-ring (bicyclic) bond motifs is 1. The van der Waals surface area contributed by atoms with E-state index < -0.39 is 5.60 Å². The van der Waals surface area contributed by atoms with Gasteiger partial charge in [0.1, 0.15) is 5.65 Å². The SMILES string of the molecule is CCC(O)(CC)c1ccn2ccnc2c1. The van der Waals surface area contributed by atoms with Gasteiger partial charge in [0.15, 0.2) is 0 Å². The second-order valence-corrected chi connectivity index (χ2v) is 3.85. The van der Waals surface area contributed by atoms with Crippen molar-refractivity contribution in [3.63, 3.8) is 0 Å². The molecule has 0 spiro atoms. The van der Waals surface area contributed by atoms with E-state index in [1.807, 2.05) is 42.8 Å². The third-order valence-corrected chi connectivity index (χ3v) is 3.11. The number of imidazole rings is 1. The highest BCUT2D eigenvalue weighted by atomic mass is 16.3. The molecule has 0 aliphatic rings. The summed E-state index contributed by atoms with van der Waals surface area (Å²) in [6.45, 7) is 4.00. The lowest BCUT2D eigenvalue weighted by atomic mass is 9.89. The van der Waals surface area contributed by atoms with E-state index in [1.54, 1.807) is 6.20 Å². The average Bonchev–Trinajstić information content (AvgIpc) is 2.74. The molecule has 0 fully saturated rings. The number of rotatable bonds is 3. The number of pyridine rings is 1. The van der Waals surface area contributed by atoms with Crippen molar-refractivity contribution in [3.8, 4) is 0 Å². The van der Waals surface area contributed by atoms with Crippen LogP contribution in [0.4, 0.5) is 0 Å². The Morgan fingerprint density at radius 2 is 2.07 bits per heavy atom. The lowest BCUT2D eigenvalue weighted by molar-refractivity contribution is 0.0284. The van der Waals surface area contributed by atoms with Gasteiger partial charge in [-0.25, -0.2) is 4.98 Å². The maximum absolute atomic E-state index is 10.4. The van der Waals surface area contributed by atoms with Gasteiger partial charge in [-0.05, 0) is 30.5 Å². The summed E-state index contributed by atoms with van der Waals surface area (Å²) in [7, 11) is 0. The van der Waals surface area contributed by atoms with Crippen molar-refractivity contribution in [1.82, 2.24) is 9.38 Å². The predicted octanol–water partition coefficient (Wildman–Crippen LogP) is 2.34. The lowest BCUT2D eigenvalue weighted by Gasteiger charge is -2.25. The molecule has 0 saturated heterocycles. The molecule has 0 bridgehead atoms. The van der Waals surface area contributed by atoms with E-state index >= 15 is 0 Å². The number of nitrogens with zero attached hydrogens (tertiary/aromatic N) is 2. The molecule has 0 saturated carbocycles. The fourth-order valence-electron chi connectivity index (χ4n) is 1.86. The second-order valence-electron chi connectivity index (χ2n) is 3.85. The van der Waals surface area contributed by atoms with Gasteiger partial charge < -0.3 is 9.51 Å². The van der Waals surface area contributed by atoms with Gasteiger partial charge in [0.05, 0.1) is 5.60 Å². The Morgan fingerprint density at radius 1 is 1.33 bits per heavy atom. The van der Waals surface area contributed by atoms with Crippen LogP contribution in [0.1, 0.15) is 32.3 Å². The molecule has 2 rings (SSSR count). The van der Waals surface area contributed by atoms with Crippen LogP contribution in [0.5, 0.6) is 0 Å². The molecular formula is C12H16N2O. The van der Waals surface area contributed by atoms with Crippen LogP contribution in [0, 0.1) is 0 Å². The van der Waals surface area contributed by atoms with E-state index in [-0.39, 0.29) is 0 Å².